The van der Waals surface area contributed by atoms with Gasteiger partial charge in [0.15, 0.2) is 0 Å². The summed E-state index contributed by atoms with van der Waals surface area (Å²) in [5.74, 6) is 0. The van der Waals surface area contributed by atoms with Crippen molar-refractivity contribution in [3.8, 4) is 16.8 Å². The standard InChI is InChI=1S/C46H34N2/c1-2-13-37(14-3-1)47(39-31-25-36(26-32-39)42-18-10-12-35-11-4-5-15-41(35)42)38-27-21-33(22-28-38)34-23-29-40(30-24-34)48-45-19-8-6-16-43(45)44-17-7-9-20-46(44)48/h1-25,27-31H,26,32H2. The van der Waals surface area contributed by atoms with Gasteiger partial charge in [0.25, 0.3) is 0 Å². The number of benzene rings is 7. The predicted molar refractivity (Wildman–Crippen MR) is 204 cm³/mol. The molecular formula is C46H34N2. The Morgan fingerprint density at radius 2 is 0.979 bits per heavy atom. The maximum absolute atomic E-state index is 2.41. The van der Waals surface area contributed by atoms with Crippen molar-refractivity contribution in [3.05, 3.63) is 193 Å². The van der Waals surface area contributed by atoms with Crippen LogP contribution in [0, 0.1) is 0 Å². The van der Waals surface area contributed by atoms with E-state index in [1.807, 2.05) is 0 Å². The van der Waals surface area contributed by atoms with Crippen LogP contribution in [0.2, 0.25) is 0 Å². The molecule has 0 fully saturated rings. The highest BCUT2D eigenvalue weighted by molar-refractivity contribution is 6.09. The second kappa shape index (κ2) is 11.9. The highest BCUT2D eigenvalue weighted by atomic mass is 15.1. The minimum absolute atomic E-state index is 0.968. The Hall–Kier alpha value is -6.12. The Morgan fingerprint density at radius 1 is 0.417 bits per heavy atom. The quantitative estimate of drug-likeness (QED) is 0.181. The van der Waals surface area contributed by atoms with Crippen LogP contribution in [0.25, 0.3) is 55.0 Å². The van der Waals surface area contributed by atoms with Crippen LogP contribution >= 0.6 is 0 Å². The number of hydrogen-bond donors (Lipinski definition) is 0. The number of anilines is 2. The first-order valence-corrected chi connectivity index (χ1v) is 16.7. The van der Waals surface area contributed by atoms with E-state index in [2.05, 4.69) is 191 Å². The summed E-state index contributed by atoms with van der Waals surface area (Å²) in [6.07, 6.45) is 6.61. The number of allylic oxidation sites excluding steroid dienone is 4. The summed E-state index contributed by atoms with van der Waals surface area (Å²) in [6.45, 7) is 0. The average Bonchev–Trinajstić information content (AvgIpc) is 3.50. The van der Waals surface area contributed by atoms with Crippen LogP contribution in [-0.2, 0) is 0 Å². The van der Waals surface area contributed by atoms with Gasteiger partial charge < -0.3 is 9.47 Å². The first-order valence-electron chi connectivity index (χ1n) is 16.7. The fourth-order valence-electron chi connectivity index (χ4n) is 7.41. The van der Waals surface area contributed by atoms with Crippen molar-refractivity contribution in [2.24, 2.45) is 0 Å². The molecule has 228 valence electrons. The van der Waals surface area contributed by atoms with E-state index in [0.29, 0.717) is 0 Å². The molecule has 0 saturated carbocycles. The molecule has 2 heteroatoms. The van der Waals surface area contributed by atoms with Crippen molar-refractivity contribution in [2.75, 3.05) is 4.90 Å². The van der Waals surface area contributed by atoms with Crippen LogP contribution < -0.4 is 4.90 Å². The summed E-state index contributed by atoms with van der Waals surface area (Å²) in [5.41, 5.74) is 12.4. The van der Waals surface area contributed by atoms with Crippen LogP contribution in [-0.4, -0.2) is 4.57 Å². The van der Waals surface area contributed by atoms with E-state index in [4.69, 9.17) is 0 Å². The van der Waals surface area contributed by atoms with Gasteiger partial charge in [-0.05, 0) is 100 Å². The van der Waals surface area contributed by atoms with Gasteiger partial charge in [-0.3, -0.25) is 0 Å². The van der Waals surface area contributed by atoms with Gasteiger partial charge in [0.1, 0.15) is 0 Å². The largest absolute Gasteiger partial charge is 0.314 e. The zero-order valence-corrected chi connectivity index (χ0v) is 26.6. The van der Waals surface area contributed by atoms with E-state index < -0.39 is 0 Å². The molecule has 7 aromatic carbocycles. The number of aromatic nitrogens is 1. The van der Waals surface area contributed by atoms with Crippen LogP contribution in [0.3, 0.4) is 0 Å². The first-order chi connectivity index (χ1) is 23.8. The van der Waals surface area contributed by atoms with Crippen molar-refractivity contribution < 1.29 is 0 Å². The minimum atomic E-state index is 0.968. The van der Waals surface area contributed by atoms with Crippen molar-refractivity contribution in [2.45, 2.75) is 12.8 Å². The molecule has 1 aliphatic carbocycles. The maximum Gasteiger partial charge on any atom is 0.0541 e. The Kier molecular flexibility index (Phi) is 6.98. The summed E-state index contributed by atoms with van der Waals surface area (Å²) in [7, 11) is 0. The summed E-state index contributed by atoms with van der Waals surface area (Å²) in [5, 5.41) is 5.17. The SMILES string of the molecule is C1=C(c2cccc3ccccc23)CCC(N(c2ccccc2)c2ccc(-c3ccc(-n4c5ccccc5c5ccccc54)cc3)cc2)=C1. The zero-order valence-electron chi connectivity index (χ0n) is 26.6. The van der Waals surface area contributed by atoms with Crippen LogP contribution in [0.1, 0.15) is 18.4 Å². The molecule has 48 heavy (non-hydrogen) atoms. The summed E-state index contributed by atoms with van der Waals surface area (Å²) in [6, 6.07) is 61.4. The van der Waals surface area contributed by atoms with E-state index in [0.717, 1.165) is 12.8 Å². The summed E-state index contributed by atoms with van der Waals surface area (Å²) < 4.78 is 2.37. The van der Waals surface area contributed by atoms with Crippen LogP contribution in [0.4, 0.5) is 11.4 Å². The molecule has 9 rings (SSSR count). The number of nitrogens with zero attached hydrogens (tertiary/aromatic N) is 2. The topological polar surface area (TPSA) is 8.17 Å². The Labute approximate surface area is 281 Å². The number of rotatable bonds is 6. The van der Waals surface area contributed by atoms with Gasteiger partial charge >= 0.3 is 0 Å². The lowest BCUT2D eigenvalue weighted by Crippen LogP contribution is -2.17. The smallest absolute Gasteiger partial charge is 0.0541 e. The van der Waals surface area contributed by atoms with E-state index >= 15 is 0 Å². The highest BCUT2D eigenvalue weighted by Crippen LogP contribution is 2.39. The Balaban J connectivity index is 1.04. The van der Waals surface area contributed by atoms with Crippen LogP contribution in [0.15, 0.2) is 188 Å². The molecule has 0 atom stereocenters. The lowest BCUT2D eigenvalue weighted by Gasteiger charge is -2.30. The molecule has 0 bridgehead atoms. The molecule has 8 aromatic rings. The van der Waals surface area contributed by atoms with Gasteiger partial charge in [-0.1, -0.05) is 127 Å². The molecule has 1 aliphatic rings. The van der Waals surface area contributed by atoms with Crippen molar-refractivity contribution in [1.82, 2.24) is 4.57 Å². The van der Waals surface area contributed by atoms with E-state index in [-0.39, 0.29) is 0 Å². The average molecular weight is 615 g/mol. The number of hydrogen-bond acceptors (Lipinski definition) is 1. The van der Waals surface area contributed by atoms with Crippen LogP contribution in [0.5, 0.6) is 0 Å². The Bertz CT molecular complexity index is 2420. The summed E-state index contributed by atoms with van der Waals surface area (Å²) in [4.78, 5) is 2.41. The molecule has 1 aromatic heterocycles. The van der Waals surface area contributed by atoms with Gasteiger partial charge in [-0.25, -0.2) is 0 Å². The van der Waals surface area contributed by atoms with E-state index in [1.165, 1.54) is 77.6 Å². The zero-order chi connectivity index (χ0) is 31.9. The molecule has 0 saturated heterocycles. The molecule has 1 heterocycles. The van der Waals surface area contributed by atoms with Crippen molar-refractivity contribution >= 4 is 49.5 Å². The Morgan fingerprint density at radius 3 is 1.65 bits per heavy atom. The molecule has 2 nitrogen and oxygen atoms in total. The monoisotopic (exact) mass is 614 g/mol. The van der Waals surface area contributed by atoms with Crippen molar-refractivity contribution in [1.29, 1.82) is 0 Å². The molecular weight excluding hydrogens is 581 g/mol. The van der Waals surface area contributed by atoms with E-state index in [1.54, 1.807) is 0 Å². The second-order valence-corrected chi connectivity index (χ2v) is 12.5. The maximum atomic E-state index is 2.41. The second-order valence-electron chi connectivity index (χ2n) is 12.5. The molecule has 0 spiro atoms. The van der Waals surface area contributed by atoms with Gasteiger partial charge in [0, 0.05) is 33.5 Å². The van der Waals surface area contributed by atoms with Gasteiger partial charge in [0.2, 0.25) is 0 Å². The highest BCUT2D eigenvalue weighted by Gasteiger charge is 2.19. The summed E-state index contributed by atoms with van der Waals surface area (Å²) >= 11 is 0. The van der Waals surface area contributed by atoms with Gasteiger partial charge in [-0.15, -0.1) is 0 Å². The lowest BCUT2D eigenvalue weighted by atomic mass is 9.91. The third-order valence-corrected chi connectivity index (χ3v) is 9.73. The number of fused-ring (bicyclic) bond motifs is 4. The first kappa shape index (κ1) is 28.1. The molecule has 0 unspecified atom stereocenters. The number of para-hydroxylation sites is 3. The molecule has 0 N–H and O–H groups in total. The fourth-order valence-corrected chi connectivity index (χ4v) is 7.41. The third kappa shape index (κ3) is 4.90. The van der Waals surface area contributed by atoms with Gasteiger partial charge in [-0.2, -0.15) is 0 Å². The third-order valence-electron chi connectivity index (χ3n) is 9.73. The van der Waals surface area contributed by atoms with Gasteiger partial charge in [0.05, 0.1) is 11.0 Å². The lowest BCUT2D eigenvalue weighted by molar-refractivity contribution is 0.931. The fraction of sp³-hybridized carbons (Fsp3) is 0.0435. The van der Waals surface area contributed by atoms with E-state index in [9.17, 15) is 0 Å². The molecule has 0 amide bonds. The normalized spacial score (nSPS) is 13.1. The van der Waals surface area contributed by atoms with Crippen molar-refractivity contribution in [3.63, 3.8) is 0 Å². The minimum Gasteiger partial charge on any atom is -0.314 e. The molecule has 0 radical (unpaired) electrons. The molecule has 0 aliphatic heterocycles. The predicted octanol–water partition coefficient (Wildman–Crippen LogP) is 12.5.